The molecule has 3 aromatic heterocycles. The Labute approximate surface area is 134 Å². The van der Waals surface area contributed by atoms with Crippen LogP contribution in [-0.2, 0) is 12.7 Å². The fraction of sp³-hybridized carbons (Fsp3) is 0.133. The second kappa shape index (κ2) is 5.84. The first-order chi connectivity index (χ1) is 11.3. The highest BCUT2D eigenvalue weighted by Gasteiger charge is 2.33. The number of alkyl halides is 3. The number of nitrogens with one attached hydrogen (secondary N) is 1. The molecule has 3 rings (SSSR count). The number of amides is 1. The van der Waals surface area contributed by atoms with Gasteiger partial charge in [-0.1, -0.05) is 6.07 Å². The van der Waals surface area contributed by atoms with Gasteiger partial charge in [0, 0.05) is 18.0 Å². The van der Waals surface area contributed by atoms with Crippen LogP contribution in [0.3, 0.4) is 0 Å². The van der Waals surface area contributed by atoms with E-state index >= 15 is 0 Å². The average Bonchev–Trinajstić information content (AvgIpc) is 2.96. The number of hydrogen-bond acceptors (Lipinski definition) is 4. The third kappa shape index (κ3) is 3.29. The molecule has 3 N–H and O–H groups in total. The molecule has 6 nitrogen and oxygen atoms in total. The number of carbonyl (C=O) groups is 1. The summed E-state index contributed by atoms with van der Waals surface area (Å²) in [5.74, 6) is -0.112. The van der Waals surface area contributed by atoms with Crippen molar-refractivity contribution >= 4 is 17.4 Å². The standard InChI is InChI=1S/C15H12F3N5O/c16-15(17,18)11-8-23-5-4-9(6-13(23)22-11)14(24)20-7-10-2-1-3-12(19)21-10/h1-6,8H,7H2,(H2,19,21)(H,20,24). The van der Waals surface area contributed by atoms with E-state index in [0.29, 0.717) is 11.5 Å². The summed E-state index contributed by atoms with van der Waals surface area (Å²) in [6.07, 6.45) is -2.31. The Hall–Kier alpha value is -3.10. The van der Waals surface area contributed by atoms with Gasteiger partial charge in [0.15, 0.2) is 5.69 Å². The number of aromatic nitrogens is 3. The summed E-state index contributed by atoms with van der Waals surface area (Å²) in [6, 6.07) is 7.73. The molecule has 0 bridgehead atoms. The minimum atomic E-state index is -4.53. The highest BCUT2D eigenvalue weighted by molar-refractivity contribution is 5.94. The lowest BCUT2D eigenvalue weighted by atomic mass is 10.2. The number of halogens is 3. The fourth-order valence-electron chi connectivity index (χ4n) is 2.13. The summed E-state index contributed by atoms with van der Waals surface area (Å²) >= 11 is 0. The van der Waals surface area contributed by atoms with Crippen LogP contribution in [0.5, 0.6) is 0 Å². The van der Waals surface area contributed by atoms with Crippen molar-refractivity contribution in [3.8, 4) is 0 Å². The number of imidazole rings is 1. The van der Waals surface area contributed by atoms with E-state index in [1.807, 2.05) is 0 Å². The Bertz CT molecular complexity index is 904. The Morgan fingerprint density at radius 1 is 1.25 bits per heavy atom. The monoisotopic (exact) mass is 335 g/mol. The number of nitrogens with two attached hydrogens (primary N) is 1. The molecule has 0 aromatic carbocycles. The average molecular weight is 335 g/mol. The van der Waals surface area contributed by atoms with Crippen LogP contribution < -0.4 is 11.1 Å². The van der Waals surface area contributed by atoms with Crippen LogP contribution in [0.4, 0.5) is 19.0 Å². The molecule has 0 unspecified atom stereocenters. The maximum absolute atomic E-state index is 12.7. The maximum atomic E-state index is 12.7. The molecule has 9 heteroatoms. The van der Waals surface area contributed by atoms with Crippen LogP contribution >= 0.6 is 0 Å². The van der Waals surface area contributed by atoms with Gasteiger partial charge in [-0.15, -0.1) is 0 Å². The maximum Gasteiger partial charge on any atom is 0.434 e. The molecule has 0 aliphatic heterocycles. The van der Waals surface area contributed by atoms with E-state index in [9.17, 15) is 18.0 Å². The van der Waals surface area contributed by atoms with Crippen molar-refractivity contribution < 1.29 is 18.0 Å². The van der Waals surface area contributed by atoms with Gasteiger partial charge >= 0.3 is 6.18 Å². The van der Waals surface area contributed by atoms with Crippen molar-refractivity contribution in [2.75, 3.05) is 5.73 Å². The molecule has 0 aliphatic rings. The summed E-state index contributed by atoms with van der Waals surface area (Å²) in [7, 11) is 0. The quantitative estimate of drug-likeness (QED) is 0.769. The molecule has 24 heavy (non-hydrogen) atoms. The van der Waals surface area contributed by atoms with Crippen LogP contribution in [0.15, 0.2) is 42.7 Å². The predicted octanol–water partition coefficient (Wildman–Crippen LogP) is 2.26. The van der Waals surface area contributed by atoms with Crippen molar-refractivity contribution in [3.63, 3.8) is 0 Å². The van der Waals surface area contributed by atoms with Gasteiger partial charge in [0.1, 0.15) is 11.5 Å². The van der Waals surface area contributed by atoms with Gasteiger partial charge in [-0.2, -0.15) is 13.2 Å². The molecule has 0 atom stereocenters. The zero-order valence-corrected chi connectivity index (χ0v) is 12.2. The number of nitrogens with zero attached hydrogens (tertiary/aromatic N) is 3. The number of fused-ring (bicyclic) bond motifs is 1. The van der Waals surface area contributed by atoms with E-state index in [1.54, 1.807) is 18.2 Å². The highest BCUT2D eigenvalue weighted by atomic mass is 19.4. The molecular formula is C15H12F3N5O. The van der Waals surface area contributed by atoms with Crippen molar-refractivity contribution in [2.45, 2.75) is 12.7 Å². The first-order valence-electron chi connectivity index (χ1n) is 6.88. The van der Waals surface area contributed by atoms with Gasteiger partial charge in [-0.05, 0) is 24.3 Å². The zero-order valence-electron chi connectivity index (χ0n) is 12.2. The topological polar surface area (TPSA) is 85.3 Å². The van der Waals surface area contributed by atoms with E-state index in [4.69, 9.17) is 5.73 Å². The van der Waals surface area contributed by atoms with E-state index < -0.39 is 17.8 Å². The van der Waals surface area contributed by atoms with Crippen LogP contribution in [0, 0.1) is 0 Å². The minimum absolute atomic E-state index is 0.0389. The molecule has 0 saturated heterocycles. The van der Waals surface area contributed by atoms with E-state index in [-0.39, 0.29) is 17.8 Å². The highest BCUT2D eigenvalue weighted by Crippen LogP contribution is 2.28. The van der Waals surface area contributed by atoms with Gasteiger partial charge < -0.3 is 15.5 Å². The summed E-state index contributed by atoms with van der Waals surface area (Å²) in [5, 5.41) is 2.63. The number of rotatable bonds is 3. The van der Waals surface area contributed by atoms with Gasteiger partial charge in [-0.3, -0.25) is 4.79 Å². The molecule has 0 fully saturated rings. The molecule has 0 radical (unpaired) electrons. The molecule has 3 aromatic rings. The molecule has 0 aliphatic carbocycles. The van der Waals surface area contributed by atoms with Gasteiger partial charge in [-0.25, -0.2) is 9.97 Å². The Morgan fingerprint density at radius 2 is 2.04 bits per heavy atom. The molecular weight excluding hydrogens is 323 g/mol. The smallest absolute Gasteiger partial charge is 0.384 e. The normalized spacial score (nSPS) is 11.6. The van der Waals surface area contributed by atoms with Gasteiger partial charge in [0.2, 0.25) is 0 Å². The van der Waals surface area contributed by atoms with Crippen molar-refractivity contribution in [2.24, 2.45) is 0 Å². The van der Waals surface area contributed by atoms with Crippen LogP contribution in [0.25, 0.3) is 5.65 Å². The first kappa shape index (κ1) is 15.8. The lowest BCUT2D eigenvalue weighted by molar-refractivity contribution is -0.140. The van der Waals surface area contributed by atoms with E-state index in [2.05, 4.69) is 15.3 Å². The van der Waals surface area contributed by atoms with Crippen LogP contribution in [-0.4, -0.2) is 20.3 Å². The van der Waals surface area contributed by atoms with Crippen LogP contribution in [0.1, 0.15) is 21.7 Å². The van der Waals surface area contributed by atoms with Gasteiger partial charge in [0.25, 0.3) is 5.91 Å². The summed E-state index contributed by atoms with van der Waals surface area (Å²) in [6.45, 7) is 0.150. The predicted molar refractivity (Wildman–Crippen MR) is 80.0 cm³/mol. The molecule has 0 spiro atoms. The number of hydrogen-bond donors (Lipinski definition) is 2. The molecule has 0 saturated carbocycles. The second-order valence-electron chi connectivity index (χ2n) is 5.04. The van der Waals surface area contributed by atoms with Crippen molar-refractivity contribution in [1.82, 2.24) is 19.7 Å². The SMILES string of the molecule is Nc1cccc(CNC(=O)c2ccn3cc(C(F)(F)F)nc3c2)n1. The number of pyridine rings is 2. The Balaban J connectivity index is 1.77. The lowest BCUT2D eigenvalue weighted by Crippen LogP contribution is -2.23. The number of nitrogen functional groups attached to an aromatic ring is 1. The number of carbonyl (C=O) groups excluding carboxylic acids is 1. The lowest BCUT2D eigenvalue weighted by Gasteiger charge is -2.05. The second-order valence-corrected chi connectivity index (χ2v) is 5.04. The van der Waals surface area contributed by atoms with Crippen LogP contribution in [0.2, 0.25) is 0 Å². The third-order valence-electron chi connectivity index (χ3n) is 3.27. The summed E-state index contributed by atoms with van der Waals surface area (Å²) in [5.41, 5.74) is 5.35. The molecule has 3 heterocycles. The zero-order chi connectivity index (χ0) is 17.3. The Morgan fingerprint density at radius 3 is 2.75 bits per heavy atom. The Kier molecular flexibility index (Phi) is 3.84. The summed E-state index contributed by atoms with van der Waals surface area (Å²) in [4.78, 5) is 19.6. The van der Waals surface area contributed by atoms with Gasteiger partial charge in [0.05, 0.1) is 12.2 Å². The molecule has 1 amide bonds. The minimum Gasteiger partial charge on any atom is -0.384 e. The van der Waals surface area contributed by atoms with Crippen molar-refractivity contribution in [3.05, 3.63) is 59.7 Å². The third-order valence-corrected chi connectivity index (χ3v) is 3.27. The van der Waals surface area contributed by atoms with E-state index in [0.717, 1.165) is 6.20 Å². The first-order valence-corrected chi connectivity index (χ1v) is 6.88. The largest absolute Gasteiger partial charge is 0.434 e. The summed E-state index contributed by atoms with van der Waals surface area (Å²) < 4.78 is 39.2. The number of anilines is 1. The van der Waals surface area contributed by atoms with Crippen molar-refractivity contribution in [1.29, 1.82) is 0 Å². The fourth-order valence-corrected chi connectivity index (χ4v) is 2.13. The van der Waals surface area contributed by atoms with E-state index in [1.165, 1.54) is 22.7 Å². The molecule has 124 valence electrons.